The molecule has 4 nitrogen and oxygen atoms in total. The molecule has 8 heteroatoms. The van der Waals surface area contributed by atoms with Gasteiger partial charge in [-0.15, -0.1) is 0 Å². The minimum atomic E-state index is -2.65. The molecule has 1 saturated heterocycles. The van der Waals surface area contributed by atoms with Gasteiger partial charge in [-0.25, -0.2) is 17.6 Å². The molecule has 1 spiro atoms. The number of halogens is 4. The third-order valence-electron chi connectivity index (χ3n) is 9.37. The van der Waals surface area contributed by atoms with Gasteiger partial charge in [0.1, 0.15) is 29.7 Å². The third-order valence-corrected chi connectivity index (χ3v) is 9.37. The zero-order valence-electron chi connectivity index (χ0n) is 23.9. The van der Waals surface area contributed by atoms with E-state index in [0.29, 0.717) is 24.3 Å². The number of hydrogen-bond donors (Lipinski definition) is 1. The van der Waals surface area contributed by atoms with E-state index in [1.54, 1.807) is 12.1 Å². The molecular weight excluding hydrogens is 544 g/mol. The highest BCUT2D eigenvalue weighted by atomic mass is 19.3. The molecule has 224 valence electrons. The van der Waals surface area contributed by atoms with Gasteiger partial charge in [0, 0.05) is 23.7 Å². The van der Waals surface area contributed by atoms with Gasteiger partial charge in [0.05, 0.1) is 18.7 Å². The van der Waals surface area contributed by atoms with Crippen molar-refractivity contribution in [3.63, 3.8) is 0 Å². The van der Waals surface area contributed by atoms with Crippen LogP contribution in [0.15, 0.2) is 60.7 Å². The maximum absolute atomic E-state index is 15.9. The molecule has 1 aliphatic carbocycles. The molecule has 0 bridgehead atoms. The van der Waals surface area contributed by atoms with Crippen molar-refractivity contribution in [3.8, 4) is 11.5 Å². The van der Waals surface area contributed by atoms with E-state index in [0.717, 1.165) is 56.3 Å². The summed E-state index contributed by atoms with van der Waals surface area (Å²) in [5.74, 6) is -0.792. The van der Waals surface area contributed by atoms with Gasteiger partial charge in [0.2, 0.25) is 0 Å². The molecule has 0 amide bonds. The number of piperidine rings is 1. The average molecular weight is 583 g/mol. The Morgan fingerprint density at radius 2 is 1.69 bits per heavy atom. The predicted octanol–water partition coefficient (Wildman–Crippen LogP) is 7.45. The molecule has 3 aromatic rings. The van der Waals surface area contributed by atoms with Crippen LogP contribution in [0, 0.1) is 17.0 Å². The Balaban J connectivity index is 1.27. The SMILES string of the molecule is C[C@@H]1Cc2cc(OCc3ccccc3)ccc2C(c2c(F)cc(OC3CCC4(CCNCC4)C3)cc2F)N1CC(F)F. The highest BCUT2D eigenvalue weighted by molar-refractivity contribution is 5.46. The number of hydrogen-bond acceptors (Lipinski definition) is 4. The zero-order chi connectivity index (χ0) is 29.3. The second-order valence-electron chi connectivity index (χ2n) is 12.2. The summed E-state index contributed by atoms with van der Waals surface area (Å²) in [7, 11) is 0. The van der Waals surface area contributed by atoms with Crippen LogP contribution >= 0.6 is 0 Å². The summed E-state index contributed by atoms with van der Waals surface area (Å²) in [5, 5.41) is 3.40. The van der Waals surface area contributed by atoms with Crippen LogP contribution in [0.4, 0.5) is 17.6 Å². The Bertz CT molecular complexity index is 1360. The molecule has 3 aliphatic rings. The van der Waals surface area contributed by atoms with E-state index < -0.39 is 30.6 Å². The smallest absolute Gasteiger partial charge is 0.251 e. The van der Waals surface area contributed by atoms with Crippen molar-refractivity contribution >= 4 is 0 Å². The Kier molecular flexibility index (Phi) is 8.46. The molecular formula is C34H38F4N2O2. The van der Waals surface area contributed by atoms with Crippen molar-refractivity contribution in [3.05, 3.63) is 94.6 Å². The van der Waals surface area contributed by atoms with E-state index in [2.05, 4.69) is 5.32 Å². The maximum atomic E-state index is 15.9. The van der Waals surface area contributed by atoms with Gasteiger partial charge in [0.15, 0.2) is 0 Å². The van der Waals surface area contributed by atoms with Crippen molar-refractivity contribution in [2.75, 3.05) is 19.6 Å². The van der Waals surface area contributed by atoms with Crippen LogP contribution in [0.3, 0.4) is 0 Å². The number of benzene rings is 3. The van der Waals surface area contributed by atoms with Crippen LogP contribution < -0.4 is 14.8 Å². The molecule has 6 rings (SSSR count). The normalized spacial score (nSPS) is 23.7. The second-order valence-corrected chi connectivity index (χ2v) is 12.2. The summed E-state index contributed by atoms with van der Waals surface area (Å²) in [6.45, 7) is 3.58. The van der Waals surface area contributed by atoms with Crippen LogP contribution in [0.2, 0.25) is 0 Å². The first-order valence-electron chi connectivity index (χ1n) is 15.0. The summed E-state index contributed by atoms with van der Waals surface area (Å²) < 4.78 is 71.4. The molecule has 0 radical (unpaired) electrons. The molecule has 2 heterocycles. The third kappa shape index (κ3) is 6.16. The first-order valence-corrected chi connectivity index (χ1v) is 15.0. The maximum Gasteiger partial charge on any atom is 0.251 e. The summed E-state index contributed by atoms with van der Waals surface area (Å²) in [6, 6.07) is 16.2. The van der Waals surface area contributed by atoms with Gasteiger partial charge in [-0.1, -0.05) is 36.4 Å². The Morgan fingerprint density at radius 3 is 2.40 bits per heavy atom. The molecule has 2 fully saturated rings. The largest absolute Gasteiger partial charge is 0.490 e. The fraction of sp³-hybridized carbons (Fsp3) is 0.471. The van der Waals surface area contributed by atoms with E-state index in [9.17, 15) is 8.78 Å². The van der Waals surface area contributed by atoms with E-state index in [-0.39, 0.29) is 28.9 Å². The predicted molar refractivity (Wildman–Crippen MR) is 154 cm³/mol. The number of fused-ring (bicyclic) bond motifs is 1. The number of alkyl halides is 2. The summed E-state index contributed by atoms with van der Waals surface area (Å²) in [5.41, 5.74) is 2.47. The fourth-order valence-corrected chi connectivity index (χ4v) is 7.24. The van der Waals surface area contributed by atoms with Crippen LogP contribution in [0.5, 0.6) is 11.5 Å². The number of nitrogens with zero attached hydrogens (tertiary/aromatic N) is 1. The van der Waals surface area contributed by atoms with Crippen molar-refractivity contribution in [2.24, 2.45) is 5.41 Å². The van der Waals surface area contributed by atoms with E-state index in [1.807, 2.05) is 43.3 Å². The Hall–Kier alpha value is -3.10. The first-order chi connectivity index (χ1) is 20.3. The Labute approximate surface area is 245 Å². The zero-order valence-corrected chi connectivity index (χ0v) is 23.9. The summed E-state index contributed by atoms with van der Waals surface area (Å²) >= 11 is 0. The van der Waals surface area contributed by atoms with Gasteiger partial charge < -0.3 is 14.8 Å². The van der Waals surface area contributed by atoms with Gasteiger partial charge in [0.25, 0.3) is 6.43 Å². The summed E-state index contributed by atoms with van der Waals surface area (Å²) in [6.07, 6.45) is 2.69. The molecule has 2 unspecified atom stereocenters. The monoisotopic (exact) mass is 582 g/mol. The van der Waals surface area contributed by atoms with Crippen LogP contribution in [0.1, 0.15) is 67.3 Å². The van der Waals surface area contributed by atoms with Crippen LogP contribution in [0.25, 0.3) is 0 Å². The molecule has 3 atom stereocenters. The standard InChI is InChI=1S/C34H38F4N2O2/c1-22-15-24-16-25(41-21-23-5-3-2-4-6-23)7-8-28(24)33(40(22)20-31(37)38)32-29(35)17-27(18-30(32)36)42-26-9-10-34(19-26)11-13-39-14-12-34/h2-8,16-18,22,26,31,33,39H,9-15,19-21H2,1H3/t22-,26?,33?/m1/s1. The van der Waals surface area contributed by atoms with Crippen molar-refractivity contribution < 1.29 is 27.0 Å². The highest BCUT2D eigenvalue weighted by Crippen LogP contribution is 2.47. The van der Waals surface area contributed by atoms with Crippen molar-refractivity contribution in [1.29, 1.82) is 0 Å². The topological polar surface area (TPSA) is 33.7 Å². The van der Waals surface area contributed by atoms with E-state index in [4.69, 9.17) is 9.47 Å². The van der Waals surface area contributed by atoms with Gasteiger partial charge in [-0.3, -0.25) is 4.90 Å². The number of rotatable bonds is 8. The van der Waals surface area contributed by atoms with Crippen molar-refractivity contribution in [1.82, 2.24) is 10.2 Å². The van der Waals surface area contributed by atoms with Gasteiger partial charge in [-0.2, -0.15) is 0 Å². The molecule has 0 aromatic heterocycles. The molecule has 2 aliphatic heterocycles. The Morgan fingerprint density at radius 1 is 0.952 bits per heavy atom. The molecule has 1 saturated carbocycles. The first kappa shape index (κ1) is 29.0. The molecule has 42 heavy (non-hydrogen) atoms. The molecule has 1 N–H and O–H groups in total. The van der Waals surface area contributed by atoms with E-state index in [1.165, 1.54) is 17.0 Å². The van der Waals surface area contributed by atoms with Gasteiger partial charge in [-0.05, 0) is 92.8 Å². The van der Waals surface area contributed by atoms with Crippen molar-refractivity contribution in [2.45, 2.75) is 76.7 Å². The lowest BCUT2D eigenvalue weighted by molar-refractivity contribution is 0.0444. The van der Waals surface area contributed by atoms with E-state index >= 15 is 8.78 Å². The average Bonchev–Trinajstić information content (AvgIpc) is 3.34. The molecule has 3 aromatic carbocycles. The summed E-state index contributed by atoms with van der Waals surface area (Å²) in [4.78, 5) is 1.51. The fourth-order valence-electron chi connectivity index (χ4n) is 7.24. The lowest BCUT2D eigenvalue weighted by Gasteiger charge is -2.42. The van der Waals surface area contributed by atoms with Gasteiger partial charge >= 0.3 is 0 Å². The second kappa shape index (κ2) is 12.3. The highest BCUT2D eigenvalue weighted by Gasteiger charge is 2.41. The number of ether oxygens (including phenoxy) is 2. The van der Waals surface area contributed by atoms with Crippen LogP contribution in [-0.2, 0) is 13.0 Å². The quantitative estimate of drug-likeness (QED) is 0.280. The lowest BCUT2D eigenvalue weighted by atomic mass is 9.77. The minimum absolute atomic E-state index is 0.0900. The number of nitrogens with one attached hydrogen (secondary N) is 1. The van der Waals surface area contributed by atoms with Crippen LogP contribution in [-0.4, -0.2) is 43.1 Å². The lowest BCUT2D eigenvalue weighted by Crippen LogP contribution is -2.45. The minimum Gasteiger partial charge on any atom is -0.490 e.